The highest BCUT2D eigenvalue weighted by Crippen LogP contribution is 2.15. The third kappa shape index (κ3) is 5.12. The highest BCUT2D eigenvalue weighted by Gasteiger charge is 2.27. The minimum absolute atomic E-state index is 0.0189. The van der Waals surface area contributed by atoms with Crippen molar-refractivity contribution in [1.82, 2.24) is 14.7 Å². The average molecular weight is 331 g/mol. The fraction of sp³-hybridized carbons (Fsp3) is 0.857. The summed E-state index contributed by atoms with van der Waals surface area (Å²) in [6.07, 6.45) is -0.485. The molecule has 2 rings (SSSR count). The molecule has 0 bridgehead atoms. The van der Waals surface area contributed by atoms with E-state index in [2.05, 4.69) is 4.90 Å². The second kappa shape index (κ2) is 8.71. The van der Waals surface area contributed by atoms with Crippen LogP contribution < -0.4 is 0 Å². The third-order valence-corrected chi connectivity index (χ3v) is 4.81. The number of amides is 2. The molecule has 2 heterocycles. The monoisotopic (exact) mass is 331 g/mol. The van der Waals surface area contributed by atoms with Gasteiger partial charge in [-0.05, 0) is 6.92 Å². The molecule has 7 nitrogen and oxygen atoms in total. The number of piperazine rings is 1. The van der Waals surface area contributed by atoms with E-state index in [1.165, 1.54) is 0 Å². The first-order chi connectivity index (χ1) is 10.6. The summed E-state index contributed by atoms with van der Waals surface area (Å²) >= 11 is 1.55. The van der Waals surface area contributed by atoms with Crippen molar-refractivity contribution in [3.8, 4) is 0 Å². The maximum Gasteiger partial charge on any atom is 0.242 e. The summed E-state index contributed by atoms with van der Waals surface area (Å²) in [7, 11) is 0. The van der Waals surface area contributed by atoms with Crippen molar-refractivity contribution in [2.45, 2.75) is 13.0 Å². The van der Waals surface area contributed by atoms with E-state index < -0.39 is 6.10 Å². The van der Waals surface area contributed by atoms with Gasteiger partial charge in [-0.3, -0.25) is 14.5 Å². The van der Waals surface area contributed by atoms with Crippen molar-refractivity contribution in [3.05, 3.63) is 0 Å². The van der Waals surface area contributed by atoms with Gasteiger partial charge in [-0.25, -0.2) is 0 Å². The minimum Gasteiger partial charge on any atom is -0.389 e. The quantitative estimate of drug-likeness (QED) is 0.649. The van der Waals surface area contributed by atoms with Crippen molar-refractivity contribution < 1.29 is 19.4 Å². The number of aliphatic hydroxyl groups excluding tert-OH is 1. The van der Waals surface area contributed by atoms with E-state index in [1.807, 2.05) is 11.8 Å². The van der Waals surface area contributed by atoms with E-state index in [0.29, 0.717) is 44.5 Å². The second-order valence-electron chi connectivity index (χ2n) is 5.56. The summed E-state index contributed by atoms with van der Waals surface area (Å²) in [5.74, 6) is 1.17. The van der Waals surface area contributed by atoms with Crippen LogP contribution in [-0.4, -0.2) is 102 Å². The Morgan fingerprint density at radius 1 is 1.36 bits per heavy atom. The first-order valence-corrected chi connectivity index (χ1v) is 8.87. The summed E-state index contributed by atoms with van der Waals surface area (Å²) in [6.45, 7) is 6.42. The molecule has 22 heavy (non-hydrogen) atoms. The minimum atomic E-state index is -0.485. The van der Waals surface area contributed by atoms with Crippen LogP contribution in [0.25, 0.3) is 0 Å². The van der Waals surface area contributed by atoms with Crippen molar-refractivity contribution in [3.63, 3.8) is 0 Å². The highest BCUT2D eigenvalue weighted by atomic mass is 32.2. The van der Waals surface area contributed by atoms with E-state index in [1.54, 1.807) is 16.7 Å². The Balaban J connectivity index is 1.67. The number of hydrogen-bond acceptors (Lipinski definition) is 6. The molecule has 2 aliphatic rings. The molecule has 1 atom stereocenters. The molecule has 2 fully saturated rings. The van der Waals surface area contributed by atoms with Crippen LogP contribution in [0.2, 0.25) is 0 Å². The first-order valence-electron chi connectivity index (χ1n) is 7.71. The van der Waals surface area contributed by atoms with Gasteiger partial charge in [-0.15, -0.1) is 11.8 Å². The van der Waals surface area contributed by atoms with Gasteiger partial charge >= 0.3 is 0 Å². The van der Waals surface area contributed by atoms with Gasteiger partial charge in [-0.1, -0.05) is 0 Å². The number of aliphatic hydroxyl groups is 1. The molecule has 0 aromatic rings. The Hall–Kier alpha value is -0.830. The van der Waals surface area contributed by atoms with Crippen molar-refractivity contribution >= 4 is 23.6 Å². The summed E-state index contributed by atoms with van der Waals surface area (Å²) in [6, 6.07) is 0. The lowest BCUT2D eigenvalue weighted by atomic mass is 10.2. The topological polar surface area (TPSA) is 73.3 Å². The zero-order valence-electron chi connectivity index (χ0n) is 13.1. The van der Waals surface area contributed by atoms with Crippen molar-refractivity contribution in [1.29, 1.82) is 0 Å². The zero-order valence-corrected chi connectivity index (χ0v) is 13.9. The van der Waals surface area contributed by atoms with Gasteiger partial charge in [0.1, 0.15) is 6.54 Å². The van der Waals surface area contributed by atoms with E-state index in [9.17, 15) is 14.7 Å². The van der Waals surface area contributed by atoms with E-state index in [-0.39, 0.29) is 18.4 Å². The van der Waals surface area contributed by atoms with Gasteiger partial charge in [0.15, 0.2) is 0 Å². The van der Waals surface area contributed by atoms with Gasteiger partial charge in [0.05, 0.1) is 24.3 Å². The molecule has 2 amide bonds. The lowest BCUT2D eigenvalue weighted by Crippen LogP contribution is -2.52. The molecule has 0 aliphatic carbocycles. The third-order valence-electron chi connectivity index (χ3n) is 3.86. The number of rotatable bonds is 7. The van der Waals surface area contributed by atoms with Gasteiger partial charge in [-0.2, -0.15) is 0 Å². The normalized spacial score (nSPS) is 21.5. The molecule has 1 unspecified atom stereocenters. The maximum absolute atomic E-state index is 12.2. The van der Waals surface area contributed by atoms with Crippen LogP contribution in [0.15, 0.2) is 0 Å². The number of thioether (sulfide) groups is 1. The van der Waals surface area contributed by atoms with Crippen LogP contribution in [0.5, 0.6) is 0 Å². The summed E-state index contributed by atoms with van der Waals surface area (Å²) in [5, 5.41) is 9.83. The van der Waals surface area contributed by atoms with E-state index >= 15 is 0 Å². The Kier molecular flexibility index (Phi) is 6.94. The Labute approximate surface area is 135 Å². The van der Waals surface area contributed by atoms with Crippen molar-refractivity contribution in [2.75, 3.05) is 64.1 Å². The second-order valence-corrected chi connectivity index (χ2v) is 6.52. The fourth-order valence-electron chi connectivity index (χ4n) is 2.59. The van der Waals surface area contributed by atoms with Gasteiger partial charge in [0, 0.05) is 39.3 Å². The number of carbonyl (C=O) groups is 2. The maximum atomic E-state index is 12.2. The molecule has 0 spiro atoms. The number of hydrogen-bond donors (Lipinski definition) is 1. The molecule has 0 saturated carbocycles. The SMILES string of the molecule is CCOCC(O)CN1CCN(C(=O)CN2CSCC2=O)CC1. The number of β-amino-alcohol motifs (C(OH)–C–C–N with tert-alkyl or cyclic N) is 1. The average Bonchev–Trinajstić information content (AvgIpc) is 2.91. The first kappa shape index (κ1) is 17.5. The summed E-state index contributed by atoms with van der Waals surface area (Å²) in [4.78, 5) is 29.3. The number of carbonyl (C=O) groups excluding carboxylic acids is 2. The Morgan fingerprint density at radius 3 is 2.68 bits per heavy atom. The van der Waals surface area contributed by atoms with Gasteiger partial charge in [0.2, 0.25) is 11.8 Å². The lowest BCUT2D eigenvalue weighted by Gasteiger charge is -2.36. The van der Waals surface area contributed by atoms with Gasteiger partial charge in [0.25, 0.3) is 0 Å². The molecular weight excluding hydrogens is 306 g/mol. The Bertz CT molecular complexity index is 388. The number of ether oxygens (including phenoxy) is 1. The molecule has 126 valence electrons. The molecule has 0 aromatic heterocycles. The molecule has 0 aromatic carbocycles. The Morgan fingerprint density at radius 2 is 2.09 bits per heavy atom. The standard InChI is InChI=1S/C14H25N3O4S/c1-2-21-9-12(18)7-15-3-5-16(6-4-15)13(19)8-17-11-22-10-14(17)20/h12,18H,2-11H2,1H3. The van der Waals surface area contributed by atoms with Crippen LogP contribution in [-0.2, 0) is 14.3 Å². The van der Waals surface area contributed by atoms with Crippen LogP contribution >= 0.6 is 11.8 Å². The highest BCUT2D eigenvalue weighted by molar-refractivity contribution is 8.00. The summed E-state index contributed by atoms with van der Waals surface area (Å²) in [5.41, 5.74) is 0. The molecule has 8 heteroatoms. The van der Waals surface area contributed by atoms with Crippen LogP contribution in [0.1, 0.15) is 6.92 Å². The smallest absolute Gasteiger partial charge is 0.242 e. The predicted octanol–water partition coefficient (Wildman–Crippen LogP) is -0.939. The van der Waals surface area contributed by atoms with Crippen molar-refractivity contribution in [2.24, 2.45) is 0 Å². The van der Waals surface area contributed by atoms with Crippen LogP contribution in [0.4, 0.5) is 0 Å². The zero-order chi connectivity index (χ0) is 15.9. The van der Waals surface area contributed by atoms with E-state index in [0.717, 1.165) is 13.1 Å². The molecule has 2 aliphatic heterocycles. The number of nitrogens with zero attached hydrogens (tertiary/aromatic N) is 3. The largest absolute Gasteiger partial charge is 0.389 e. The fourth-order valence-corrected chi connectivity index (χ4v) is 3.49. The predicted molar refractivity (Wildman–Crippen MR) is 84.6 cm³/mol. The lowest BCUT2D eigenvalue weighted by molar-refractivity contribution is -0.139. The summed E-state index contributed by atoms with van der Waals surface area (Å²) < 4.78 is 5.20. The van der Waals surface area contributed by atoms with Crippen LogP contribution in [0, 0.1) is 0 Å². The molecule has 1 N–H and O–H groups in total. The molecule has 2 saturated heterocycles. The van der Waals surface area contributed by atoms with Gasteiger partial charge < -0.3 is 19.6 Å². The van der Waals surface area contributed by atoms with E-state index in [4.69, 9.17) is 4.74 Å². The van der Waals surface area contributed by atoms with Crippen LogP contribution in [0.3, 0.4) is 0 Å². The molecular formula is C14H25N3O4S. The molecule has 0 radical (unpaired) electrons.